The zero-order valence-electron chi connectivity index (χ0n) is 16.3. The van der Waals surface area contributed by atoms with Gasteiger partial charge in [-0.1, -0.05) is 6.92 Å². The van der Waals surface area contributed by atoms with E-state index in [1.807, 2.05) is 4.90 Å². The summed E-state index contributed by atoms with van der Waals surface area (Å²) in [5, 5.41) is 3.21. The predicted octanol–water partition coefficient (Wildman–Crippen LogP) is 3.31. The first-order valence-electron chi connectivity index (χ1n) is 10.2. The highest BCUT2D eigenvalue weighted by Gasteiger charge is 2.32. The van der Waals surface area contributed by atoms with Gasteiger partial charge >= 0.3 is 6.18 Å². The third-order valence-corrected chi connectivity index (χ3v) is 5.74. The fraction of sp³-hybridized carbons (Fsp3) is 0.700. The maximum absolute atomic E-state index is 12.7. The summed E-state index contributed by atoms with van der Waals surface area (Å²) in [5.41, 5.74) is -0.740. The summed E-state index contributed by atoms with van der Waals surface area (Å²) in [4.78, 5) is 20.9. The van der Waals surface area contributed by atoms with Crippen molar-refractivity contribution in [2.24, 2.45) is 5.92 Å². The molecule has 0 radical (unpaired) electrons. The lowest BCUT2D eigenvalue weighted by atomic mass is 9.94. The van der Waals surface area contributed by atoms with Crippen molar-refractivity contribution >= 4 is 11.7 Å². The van der Waals surface area contributed by atoms with E-state index in [2.05, 4.69) is 22.1 Å². The van der Waals surface area contributed by atoms with Gasteiger partial charge in [0, 0.05) is 44.3 Å². The molecule has 0 aromatic carbocycles. The lowest BCUT2D eigenvalue weighted by Gasteiger charge is -2.35. The van der Waals surface area contributed by atoms with Gasteiger partial charge in [0.25, 0.3) is 0 Å². The highest BCUT2D eigenvalue weighted by Crippen LogP contribution is 2.30. The van der Waals surface area contributed by atoms with Crippen molar-refractivity contribution in [3.05, 3.63) is 23.9 Å². The Balaban J connectivity index is 1.44. The zero-order valence-corrected chi connectivity index (χ0v) is 16.3. The van der Waals surface area contributed by atoms with Gasteiger partial charge in [0.05, 0.1) is 5.56 Å². The lowest BCUT2D eigenvalue weighted by Crippen LogP contribution is -2.48. The van der Waals surface area contributed by atoms with Crippen molar-refractivity contribution in [1.29, 1.82) is 0 Å². The number of hydrogen-bond donors (Lipinski definition) is 1. The molecule has 0 atom stereocenters. The minimum atomic E-state index is -4.37. The molecule has 2 aliphatic rings. The Hall–Kier alpha value is -1.83. The number of carbonyl (C=O) groups excluding carboxylic acids is 1. The Labute approximate surface area is 164 Å². The summed E-state index contributed by atoms with van der Waals surface area (Å²) >= 11 is 0. The highest BCUT2D eigenvalue weighted by molar-refractivity contribution is 5.79. The number of aromatic nitrogens is 1. The van der Waals surface area contributed by atoms with Crippen LogP contribution >= 0.6 is 0 Å². The number of halogens is 3. The second-order valence-electron chi connectivity index (χ2n) is 7.79. The van der Waals surface area contributed by atoms with E-state index in [1.54, 1.807) is 0 Å². The molecule has 1 aromatic rings. The summed E-state index contributed by atoms with van der Waals surface area (Å²) in [7, 11) is 0. The average molecular weight is 398 g/mol. The van der Waals surface area contributed by atoms with Gasteiger partial charge in [0.1, 0.15) is 5.82 Å². The maximum Gasteiger partial charge on any atom is 0.417 e. The van der Waals surface area contributed by atoms with E-state index in [9.17, 15) is 18.0 Å². The smallest absolute Gasteiger partial charge is 0.357 e. The zero-order chi connectivity index (χ0) is 20.1. The molecule has 0 bridgehead atoms. The number of rotatable bonds is 5. The summed E-state index contributed by atoms with van der Waals surface area (Å²) < 4.78 is 38.0. The summed E-state index contributed by atoms with van der Waals surface area (Å²) in [6, 6.07) is 2.73. The number of nitrogens with zero attached hydrogens (tertiary/aromatic N) is 3. The van der Waals surface area contributed by atoms with Crippen molar-refractivity contribution in [2.75, 3.05) is 37.6 Å². The number of nitrogens with one attached hydrogen (secondary N) is 1. The first-order chi connectivity index (χ1) is 13.4. The summed E-state index contributed by atoms with van der Waals surface area (Å²) in [5.74, 6) is 0.628. The van der Waals surface area contributed by atoms with Crippen molar-refractivity contribution in [3.63, 3.8) is 0 Å². The molecule has 8 heteroatoms. The Bertz CT molecular complexity index is 634. The van der Waals surface area contributed by atoms with Crippen LogP contribution in [0.5, 0.6) is 0 Å². The molecule has 5 nitrogen and oxygen atoms in total. The first-order valence-corrected chi connectivity index (χ1v) is 10.2. The van der Waals surface area contributed by atoms with Crippen molar-refractivity contribution in [3.8, 4) is 0 Å². The van der Waals surface area contributed by atoms with E-state index in [4.69, 9.17) is 0 Å². The van der Waals surface area contributed by atoms with Crippen LogP contribution < -0.4 is 10.2 Å². The van der Waals surface area contributed by atoms with Crippen LogP contribution in [-0.2, 0) is 11.0 Å². The monoisotopic (exact) mass is 398 g/mol. The van der Waals surface area contributed by atoms with Gasteiger partial charge in [-0.05, 0) is 50.8 Å². The Morgan fingerprint density at radius 2 is 1.82 bits per heavy atom. The van der Waals surface area contributed by atoms with E-state index in [0.29, 0.717) is 31.7 Å². The highest BCUT2D eigenvalue weighted by atomic mass is 19.4. The molecule has 1 aromatic heterocycles. The van der Waals surface area contributed by atoms with Crippen LogP contribution in [0, 0.1) is 5.92 Å². The Kier molecular flexibility index (Phi) is 6.80. The largest absolute Gasteiger partial charge is 0.417 e. The molecule has 3 rings (SSSR count). The molecule has 0 aliphatic carbocycles. The molecule has 1 N–H and O–H groups in total. The molecular weight excluding hydrogens is 369 g/mol. The minimum absolute atomic E-state index is 0.0284. The molecule has 0 spiro atoms. The number of amides is 1. The first kappa shape index (κ1) is 20.9. The molecule has 156 valence electrons. The molecule has 2 saturated heterocycles. The van der Waals surface area contributed by atoms with E-state index in [1.165, 1.54) is 6.07 Å². The van der Waals surface area contributed by atoms with E-state index in [0.717, 1.165) is 51.2 Å². The van der Waals surface area contributed by atoms with Gasteiger partial charge in [-0.25, -0.2) is 4.98 Å². The van der Waals surface area contributed by atoms with Gasteiger partial charge in [-0.3, -0.25) is 4.79 Å². The fourth-order valence-corrected chi connectivity index (χ4v) is 4.05. The summed E-state index contributed by atoms with van der Waals surface area (Å²) in [6.07, 6.45) is 1.05. The van der Waals surface area contributed by atoms with Crippen molar-refractivity contribution < 1.29 is 18.0 Å². The van der Waals surface area contributed by atoms with Gasteiger partial charge in [-0.15, -0.1) is 0 Å². The van der Waals surface area contributed by atoms with Crippen LogP contribution in [0.2, 0.25) is 0 Å². The molecule has 2 fully saturated rings. The van der Waals surface area contributed by atoms with Gasteiger partial charge in [-0.2, -0.15) is 13.2 Å². The summed E-state index contributed by atoms with van der Waals surface area (Å²) in [6.45, 7) is 6.64. The van der Waals surface area contributed by atoms with Crippen LogP contribution in [0.25, 0.3) is 0 Å². The standard InChI is InChI=1S/C20H29F3N4O/c1-2-9-26-10-7-17(8-11-26)25-19(28)15-5-12-27(13-6-15)18-4-3-16(14-24-18)20(21,22)23/h3-4,14-15,17H,2,5-13H2,1H3,(H,25,28). The number of likely N-dealkylation sites (tertiary alicyclic amines) is 1. The topological polar surface area (TPSA) is 48.5 Å². The van der Waals surface area contributed by atoms with Crippen LogP contribution in [0.3, 0.4) is 0 Å². The van der Waals surface area contributed by atoms with E-state index >= 15 is 0 Å². The third-order valence-electron chi connectivity index (χ3n) is 5.74. The maximum atomic E-state index is 12.7. The SMILES string of the molecule is CCCN1CCC(NC(=O)C2CCN(c3ccc(C(F)(F)F)cn3)CC2)CC1. The van der Waals surface area contributed by atoms with Gasteiger partial charge in [0.2, 0.25) is 5.91 Å². The van der Waals surface area contributed by atoms with Crippen LogP contribution in [-0.4, -0.2) is 54.6 Å². The molecule has 1 amide bonds. The Morgan fingerprint density at radius 3 is 2.36 bits per heavy atom. The van der Waals surface area contributed by atoms with Gasteiger partial charge in [0.15, 0.2) is 0 Å². The normalized spacial score (nSPS) is 20.4. The van der Waals surface area contributed by atoms with Gasteiger partial charge < -0.3 is 15.1 Å². The number of anilines is 1. The van der Waals surface area contributed by atoms with Crippen molar-refractivity contribution in [2.45, 2.75) is 51.2 Å². The molecule has 28 heavy (non-hydrogen) atoms. The molecule has 3 heterocycles. The molecule has 0 saturated carbocycles. The van der Waals surface area contributed by atoms with E-state index < -0.39 is 11.7 Å². The lowest BCUT2D eigenvalue weighted by molar-refractivity contribution is -0.137. The Morgan fingerprint density at radius 1 is 1.14 bits per heavy atom. The molecule has 0 unspecified atom stereocenters. The number of carbonyl (C=O) groups is 1. The number of hydrogen-bond acceptors (Lipinski definition) is 4. The minimum Gasteiger partial charge on any atom is -0.357 e. The average Bonchev–Trinajstić information content (AvgIpc) is 2.69. The second kappa shape index (κ2) is 9.11. The third kappa shape index (κ3) is 5.37. The molecule has 2 aliphatic heterocycles. The fourth-order valence-electron chi connectivity index (χ4n) is 4.05. The second-order valence-corrected chi connectivity index (χ2v) is 7.79. The molecular formula is C20H29F3N4O. The predicted molar refractivity (Wildman–Crippen MR) is 102 cm³/mol. The van der Waals surface area contributed by atoms with Crippen LogP contribution in [0.15, 0.2) is 18.3 Å². The number of alkyl halides is 3. The quantitative estimate of drug-likeness (QED) is 0.827. The van der Waals surface area contributed by atoms with Crippen LogP contribution in [0.4, 0.5) is 19.0 Å². The number of piperidine rings is 2. The van der Waals surface area contributed by atoms with Crippen molar-refractivity contribution in [1.82, 2.24) is 15.2 Å². The number of pyridine rings is 1. The van der Waals surface area contributed by atoms with Crippen LogP contribution in [0.1, 0.15) is 44.6 Å². The van der Waals surface area contributed by atoms with E-state index in [-0.39, 0.29) is 17.9 Å².